The summed E-state index contributed by atoms with van der Waals surface area (Å²) in [5.41, 5.74) is 0. The van der Waals surface area contributed by atoms with Crippen molar-refractivity contribution in [1.82, 2.24) is 5.32 Å². The van der Waals surface area contributed by atoms with E-state index in [9.17, 15) is 30.3 Å². The zero-order valence-corrected chi connectivity index (χ0v) is 48.7. The Balaban J connectivity index is 2.18. The summed E-state index contributed by atoms with van der Waals surface area (Å²) in [5.74, 6) is -0.168. The van der Waals surface area contributed by atoms with Crippen molar-refractivity contribution in [2.75, 3.05) is 13.2 Å². The first kappa shape index (κ1) is 71.3. The average molecular weight is 1070 g/mol. The molecule has 1 aliphatic rings. The van der Waals surface area contributed by atoms with Gasteiger partial charge in [-0.2, -0.15) is 0 Å². The van der Waals surface area contributed by atoms with E-state index < -0.39 is 49.5 Å². The number of ether oxygens (including phenoxy) is 2. The third kappa shape index (κ3) is 44.8. The molecule has 7 unspecified atom stereocenters. The fraction of sp³-hybridized carbons (Fsp3) is 0.662. The Morgan fingerprint density at radius 1 is 0.455 bits per heavy atom. The minimum Gasteiger partial charge on any atom is -0.394 e. The summed E-state index contributed by atoms with van der Waals surface area (Å²) in [7, 11) is 0. The number of aliphatic hydroxyl groups excluding tert-OH is 5. The second kappa shape index (κ2) is 55.6. The number of carbonyl (C=O) groups excluding carboxylic acids is 1. The van der Waals surface area contributed by atoms with Gasteiger partial charge in [0, 0.05) is 6.42 Å². The number of hydrogen-bond acceptors (Lipinski definition) is 8. The van der Waals surface area contributed by atoms with Crippen LogP contribution in [0.1, 0.15) is 232 Å². The third-order valence-corrected chi connectivity index (χ3v) is 13.8. The van der Waals surface area contributed by atoms with Crippen molar-refractivity contribution in [1.29, 1.82) is 0 Å². The lowest BCUT2D eigenvalue weighted by molar-refractivity contribution is -0.302. The molecule has 438 valence electrons. The molecule has 0 spiro atoms. The molecule has 6 N–H and O–H groups in total. The van der Waals surface area contributed by atoms with E-state index in [0.717, 1.165) is 128 Å². The Morgan fingerprint density at radius 2 is 0.805 bits per heavy atom. The van der Waals surface area contributed by atoms with E-state index in [1.165, 1.54) is 77.0 Å². The van der Waals surface area contributed by atoms with E-state index in [4.69, 9.17) is 9.47 Å². The Kier molecular flexibility index (Phi) is 51.5. The molecule has 1 amide bonds. The van der Waals surface area contributed by atoms with Crippen LogP contribution in [0.25, 0.3) is 0 Å². The summed E-state index contributed by atoms with van der Waals surface area (Å²) in [6.07, 6.45) is 77.7. The van der Waals surface area contributed by atoms with Crippen molar-refractivity contribution in [3.63, 3.8) is 0 Å². The van der Waals surface area contributed by atoms with Gasteiger partial charge in [0.15, 0.2) is 6.29 Å². The third-order valence-electron chi connectivity index (χ3n) is 13.8. The molecule has 1 rings (SSSR count). The first-order chi connectivity index (χ1) is 37.8. The fourth-order valence-electron chi connectivity index (χ4n) is 8.93. The number of allylic oxidation sites excluding steroid dienone is 22. The molecule has 0 saturated carbocycles. The molecule has 0 aliphatic carbocycles. The van der Waals surface area contributed by atoms with Crippen LogP contribution >= 0.6 is 0 Å². The maximum atomic E-state index is 13.1. The molecule has 77 heavy (non-hydrogen) atoms. The number of nitrogens with one attached hydrogen (secondary N) is 1. The van der Waals surface area contributed by atoms with Crippen molar-refractivity contribution in [2.45, 2.75) is 275 Å². The maximum absolute atomic E-state index is 13.1. The predicted octanol–water partition coefficient (Wildman–Crippen LogP) is 16.1. The van der Waals surface area contributed by atoms with Gasteiger partial charge in [0.25, 0.3) is 0 Å². The van der Waals surface area contributed by atoms with Gasteiger partial charge in [-0.05, 0) is 96.3 Å². The van der Waals surface area contributed by atoms with Crippen molar-refractivity contribution in [3.8, 4) is 0 Å². The van der Waals surface area contributed by atoms with Crippen LogP contribution in [0.2, 0.25) is 0 Å². The summed E-state index contributed by atoms with van der Waals surface area (Å²) >= 11 is 0. The number of unbranched alkanes of at least 4 members (excludes halogenated alkanes) is 19. The number of amides is 1. The minimum atomic E-state index is -1.56. The van der Waals surface area contributed by atoms with Crippen LogP contribution in [0.4, 0.5) is 0 Å². The molecule has 0 bridgehead atoms. The maximum Gasteiger partial charge on any atom is 0.220 e. The van der Waals surface area contributed by atoms with Gasteiger partial charge in [0.05, 0.1) is 25.4 Å². The number of carbonyl (C=O) groups is 1. The largest absolute Gasteiger partial charge is 0.394 e. The molecule has 1 heterocycles. The van der Waals surface area contributed by atoms with E-state index >= 15 is 0 Å². The standard InChI is InChI=1S/C68H113NO8/c1-3-5-7-9-11-13-15-17-19-20-21-22-23-24-25-26-27-28-29-30-31-32-33-34-35-36-37-38-39-40-41-42-44-46-48-50-52-54-56-58-64(72)69-61(60-76-68-67(75)66(74)65(73)63(59-70)77-68)62(71)57-55-53-51-49-47-45-43-18-16-14-12-10-8-6-4-2/h5,7,11,13,17,19,21-22,24-25,27-28,30-31,33-34,36-37,39-40,42,44,61-63,65-68,70-71,73-75H,3-4,6,8-10,12,14-16,18,20,23,26,29,32,35,38,41,43,45-60H2,1-2H3,(H,69,72)/b7-5-,13-11-,19-17-,22-21-,25-24-,28-27-,31-30-,34-33-,37-36-,40-39-,44-42-. The Bertz CT molecular complexity index is 1670. The molecular formula is C68H113NO8. The highest BCUT2D eigenvalue weighted by atomic mass is 16.7. The molecule has 9 nitrogen and oxygen atoms in total. The van der Waals surface area contributed by atoms with Crippen molar-refractivity contribution >= 4 is 5.91 Å². The number of rotatable bonds is 51. The average Bonchev–Trinajstić information content (AvgIpc) is 3.43. The van der Waals surface area contributed by atoms with Crippen molar-refractivity contribution in [3.05, 3.63) is 134 Å². The summed E-state index contributed by atoms with van der Waals surface area (Å²) in [5, 5.41) is 54.6. The highest BCUT2D eigenvalue weighted by molar-refractivity contribution is 5.76. The van der Waals surface area contributed by atoms with E-state index in [-0.39, 0.29) is 12.5 Å². The van der Waals surface area contributed by atoms with Gasteiger partial charge in [-0.15, -0.1) is 0 Å². The topological polar surface area (TPSA) is 149 Å². The van der Waals surface area contributed by atoms with Crippen LogP contribution in [-0.4, -0.2) is 87.5 Å². The van der Waals surface area contributed by atoms with Crippen LogP contribution in [0, 0.1) is 0 Å². The van der Waals surface area contributed by atoms with Gasteiger partial charge >= 0.3 is 0 Å². The van der Waals surface area contributed by atoms with Gasteiger partial charge in [0.2, 0.25) is 5.91 Å². The Morgan fingerprint density at radius 3 is 1.19 bits per heavy atom. The summed E-state index contributed by atoms with van der Waals surface area (Å²) in [6, 6.07) is -0.739. The molecule has 9 heteroatoms. The highest BCUT2D eigenvalue weighted by Gasteiger charge is 2.44. The van der Waals surface area contributed by atoms with Crippen LogP contribution in [-0.2, 0) is 14.3 Å². The van der Waals surface area contributed by atoms with Crippen LogP contribution in [0.3, 0.4) is 0 Å². The predicted molar refractivity (Wildman–Crippen MR) is 327 cm³/mol. The minimum absolute atomic E-state index is 0.153. The van der Waals surface area contributed by atoms with E-state index in [2.05, 4.69) is 153 Å². The second-order valence-electron chi connectivity index (χ2n) is 20.8. The van der Waals surface area contributed by atoms with E-state index in [1.807, 2.05) is 0 Å². The zero-order valence-electron chi connectivity index (χ0n) is 48.7. The second-order valence-corrected chi connectivity index (χ2v) is 20.8. The molecule has 1 saturated heterocycles. The molecule has 7 atom stereocenters. The molecule has 0 aromatic heterocycles. The first-order valence-corrected chi connectivity index (χ1v) is 30.9. The monoisotopic (exact) mass is 1070 g/mol. The molecule has 1 fully saturated rings. The molecule has 0 aromatic rings. The van der Waals surface area contributed by atoms with Gasteiger partial charge in [-0.25, -0.2) is 0 Å². The molecule has 1 aliphatic heterocycles. The summed E-state index contributed by atoms with van der Waals surface area (Å²) in [6.45, 7) is 3.71. The van der Waals surface area contributed by atoms with Crippen LogP contribution in [0.15, 0.2) is 134 Å². The zero-order chi connectivity index (χ0) is 55.8. The van der Waals surface area contributed by atoms with E-state index in [1.54, 1.807) is 0 Å². The highest BCUT2D eigenvalue weighted by Crippen LogP contribution is 2.23. The lowest BCUT2D eigenvalue weighted by Gasteiger charge is -2.40. The fourth-order valence-corrected chi connectivity index (χ4v) is 8.93. The Labute approximate surface area is 471 Å². The summed E-state index contributed by atoms with van der Waals surface area (Å²) in [4.78, 5) is 13.1. The molecule has 0 aromatic carbocycles. The van der Waals surface area contributed by atoms with E-state index in [0.29, 0.717) is 12.8 Å². The molecular weight excluding hydrogens is 959 g/mol. The number of hydrogen-bond donors (Lipinski definition) is 6. The van der Waals surface area contributed by atoms with Crippen molar-refractivity contribution in [2.24, 2.45) is 0 Å². The van der Waals surface area contributed by atoms with Crippen LogP contribution < -0.4 is 5.32 Å². The number of aliphatic hydroxyl groups is 5. The normalized spacial score (nSPS) is 19.7. The Hall–Kier alpha value is -3.67. The lowest BCUT2D eigenvalue weighted by atomic mass is 9.99. The molecule has 0 radical (unpaired) electrons. The van der Waals surface area contributed by atoms with Gasteiger partial charge in [-0.1, -0.05) is 263 Å². The quantitative estimate of drug-likeness (QED) is 0.0261. The van der Waals surface area contributed by atoms with Crippen LogP contribution in [0.5, 0.6) is 0 Å². The SMILES string of the molecule is CC/C=C\C/C=C\C/C=C\C/C=C\C/C=C\C/C=C\C/C=C\C/C=C\C/C=C\C/C=C\C/C=C\CCCCCCCC(=O)NC(COC1OC(CO)C(O)C(O)C1O)C(O)CCCCCCCCCCCCCCCCC. The first-order valence-electron chi connectivity index (χ1n) is 30.9. The smallest absolute Gasteiger partial charge is 0.220 e. The van der Waals surface area contributed by atoms with Gasteiger partial charge in [-0.3, -0.25) is 4.79 Å². The van der Waals surface area contributed by atoms with Gasteiger partial charge < -0.3 is 40.3 Å². The van der Waals surface area contributed by atoms with Gasteiger partial charge in [0.1, 0.15) is 24.4 Å². The van der Waals surface area contributed by atoms with Crippen molar-refractivity contribution < 1.29 is 39.8 Å². The lowest BCUT2D eigenvalue weighted by Crippen LogP contribution is -2.60. The summed E-state index contributed by atoms with van der Waals surface area (Å²) < 4.78 is 11.3.